The maximum Gasteiger partial charge on any atom is 0.175 e. The van der Waals surface area contributed by atoms with E-state index in [1.165, 1.54) is 6.42 Å². The van der Waals surface area contributed by atoms with Gasteiger partial charge in [0.25, 0.3) is 0 Å². The molecule has 2 aliphatic carbocycles. The molecule has 0 saturated heterocycles. The first-order chi connectivity index (χ1) is 7.24. The van der Waals surface area contributed by atoms with Crippen molar-refractivity contribution in [2.45, 2.75) is 35.8 Å². The summed E-state index contributed by atoms with van der Waals surface area (Å²) < 4.78 is 0.957. The van der Waals surface area contributed by atoms with Crippen molar-refractivity contribution in [1.29, 1.82) is 0 Å². The molecule has 2 fully saturated rings. The third-order valence-electron chi connectivity index (χ3n) is 3.32. The standard InChI is InChI=1S/C10H12N2OS2/c1-5-11-12-10(14-5)15-9-7-3-2-6(4-7)8(9)13/h6-7,9H,2-4H2,1H3/t6-,7+,9-/m0/s1. The number of nitrogens with zero attached hydrogens (tertiary/aromatic N) is 2. The number of aryl methyl sites for hydroxylation is 1. The van der Waals surface area contributed by atoms with Crippen LogP contribution in [0.2, 0.25) is 0 Å². The normalized spacial score (nSPS) is 33.9. The largest absolute Gasteiger partial charge is 0.298 e. The molecular weight excluding hydrogens is 228 g/mol. The highest BCUT2D eigenvalue weighted by Gasteiger charge is 2.47. The quantitative estimate of drug-likeness (QED) is 0.795. The van der Waals surface area contributed by atoms with Crippen LogP contribution in [0.3, 0.4) is 0 Å². The van der Waals surface area contributed by atoms with Gasteiger partial charge in [0.15, 0.2) is 4.34 Å². The zero-order valence-corrected chi connectivity index (χ0v) is 10.1. The van der Waals surface area contributed by atoms with Gasteiger partial charge >= 0.3 is 0 Å². The smallest absolute Gasteiger partial charge is 0.175 e. The summed E-state index contributed by atoms with van der Waals surface area (Å²) in [6, 6.07) is 0. The minimum absolute atomic E-state index is 0.177. The third kappa shape index (κ3) is 1.61. The summed E-state index contributed by atoms with van der Waals surface area (Å²) >= 11 is 3.23. The molecule has 1 aromatic rings. The molecule has 0 N–H and O–H groups in total. The lowest BCUT2D eigenvalue weighted by Gasteiger charge is -2.17. The van der Waals surface area contributed by atoms with Gasteiger partial charge in [0, 0.05) is 5.92 Å². The number of fused-ring (bicyclic) bond motifs is 2. The molecule has 0 aliphatic heterocycles. The van der Waals surface area contributed by atoms with Gasteiger partial charge in [-0.1, -0.05) is 23.1 Å². The van der Waals surface area contributed by atoms with Crippen LogP contribution in [0.4, 0.5) is 0 Å². The average Bonchev–Trinajstić information content (AvgIpc) is 2.86. The zero-order chi connectivity index (χ0) is 10.4. The summed E-state index contributed by atoms with van der Waals surface area (Å²) in [4.78, 5) is 11.9. The molecule has 15 heavy (non-hydrogen) atoms. The average molecular weight is 240 g/mol. The van der Waals surface area contributed by atoms with Crippen LogP contribution in [0.1, 0.15) is 24.3 Å². The van der Waals surface area contributed by atoms with Crippen molar-refractivity contribution in [1.82, 2.24) is 10.2 Å². The van der Waals surface area contributed by atoms with Crippen molar-refractivity contribution >= 4 is 28.9 Å². The summed E-state index contributed by atoms with van der Waals surface area (Å²) in [5.74, 6) is 1.43. The molecule has 2 aliphatic rings. The van der Waals surface area contributed by atoms with Crippen molar-refractivity contribution in [2.24, 2.45) is 11.8 Å². The highest BCUT2D eigenvalue weighted by molar-refractivity contribution is 8.02. The molecule has 0 radical (unpaired) electrons. The summed E-state index contributed by atoms with van der Waals surface area (Å²) in [5, 5.41) is 9.22. The predicted octanol–water partition coefficient (Wildman–Crippen LogP) is 2.31. The van der Waals surface area contributed by atoms with Crippen molar-refractivity contribution in [3.8, 4) is 0 Å². The Labute approximate surface area is 96.7 Å². The van der Waals surface area contributed by atoms with Crippen LogP contribution >= 0.6 is 23.1 Å². The van der Waals surface area contributed by atoms with Crippen molar-refractivity contribution in [3.05, 3.63) is 5.01 Å². The summed E-state index contributed by atoms with van der Waals surface area (Å²) in [6.07, 6.45) is 3.47. The molecule has 5 heteroatoms. The number of carbonyl (C=O) groups excluding carboxylic acids is 1. The SMILES string of the molecule is Cc1nnc(S[C@@H]2C(=O)[C@H]3CC[C@@H]2C3)s1. The van der Waals surface area contributed by atoms with Crippen LogP contribution in [0.15, 0.2) is 4.34 Å². The minimum atomic E-state index is 0.177. The van der Waals surface area contributed by atoms with Crippen LogP contribution < -0.4 is 0 Å². The summed E-state index contributed by atoms with van der Waals surface area (Å²) in [5.41, 5.74) is 0. The highest BCUT2D eigenvalue weighted by atomic mass is 32.2. The third-order valence-corrected chi connectivity index (χ3v) is 5.65. The molecule has 3 rings (SSSR count). The van der Waals surface area contributed by atoms with Gasteiger partial charge in [0.1, 0.15) is 10.8 Å². The number of hydrogen-bond donors (Lipinski definition) is 0. The van der Waals surface area contributed by atoms with Crippen LogP contribution in [0, 0.1) is 18.8 Å². The molecule has 3 nitrogen and oxygen atoms in total. The molecule has 0 unspecified atom stereocenters. The topological polar surface area (TPSA) is 42.9 Å². The summed E-state index contributed by atoms with van der Waals surface area (Å²) in [7, 11) is 0. The van der Waals surface area contributed by atoms with E-state index in [4.69, 9.17) is 0 Å². The first kappa shape index (κ1) is 9.78. The number of Topliss-reactive ketones (excluding diaryl/α,β-unsaturated/α-hetero) is 1. The van der Waals surface area contributed by atoms with E-state index in [9.17, 15) is 4.79 Å². The Morgan fingerprint density at radius 2 is 2.27 bits per heavy atom. The molecular formula is C10H12N2OS2. The summed E-state index contributed by atoms with van der Waals surface area (Å²) in [6.45, 7) is 1.95. The van der Waals surface area contributed by atoms with Crippen LogP contribution in [-0.2, 0) is 4.79 Å². The number of rotatable bonds is 2. The van der Waals surface area contributed by atoms with Crippen molar-refractivity contribution < 1.29 is 4.79 Å². The lowest BCUT2D eigenvalue weighted by Crippen LogP contribution is -2.24. The van der Waals surface area contributed by atoms with Crippen molar-refractivity contribution in [3.63, 3.8) is 0 Å². The fourth-order valence-corrected chi connectivity index (χ4v) is 4.94. The van der Waals surface area contributed by atoms with Crippen LogP contribution in [-0.4, -0.2) is 21.2 Å². The van der Waals surface area contributed by atoms with E-state index in [-0.39, 0.29) is 5.25 Å². The maximum absolute atomic E-state index is 11.9. The second-order valence-electron chi connectivity index (χ2n) is 4.30. The van der Waals surface area contributed by atoms with Gasteiger partial charge in [0.05, 0.1) is 5.25 Å². The molecule has 0 spiro atoms. The van der Waals surface area contributed by atoms with Crippen LogP contribution in [0.25, 0.3) is 0 Å². The highest BCUT2D eigenvalue weighted by Crippen LogP contribution is 2.49. The van der Waals surface area contributed by atoms with Gasteiger partial charge in [-0.15, -0.1) is 10.2 Å². The molecule has 0 amide bonds. The lowest BCUT2D eigenvalue weighted by molar-refractivity contribution is -0.121. The molecule has 80 valence electrons. The molecule has 2 bridgehead atoms. The fourth-order valence-electron chi connectivity index (χ4n) is 2.60. The Morgan fingerprint density at radius 3 is 2.87 bits per heavy atom. The number of ketones is 1. The van der Waals surface area contributed by atoms with E-state index in [1.54, 1.807) is 23.1 Å². The molecule has 3 atom stereocenters. The molecule has 2 saturated carbocycles. The second-order valence-corrected chi connectivity index (χ2v) is 6.87. The van der Waals surface area contributed by atoms with E-state index in [0.29, 0.717) is 17.6 Å². The van der Waals surface area contributed by atoms with E-state index in [1.807, 2.05) is 6.92 Å². The fraction of sp³-hybridized carbons (Fsp3) is 0.700. The second kappa shape index (κ2) is 3.56. The Hall–Kier alpha value is -0.420. The Kier molecular flexibility index (Phi) is 2.32. The van der Waals surface area contributed by atoms with Gasteiger partial charge in [-0.05, 0) is 32.1 Å². The van der Waals surface area contributed by atoms with E-state index < -0.39 is 0 Å². The van der Waals surface area contributed by atoms with Crippen LogP contribution in [0.5, 0.6) is 0 Å². The molecule has 0 aromatic carbocycles. The van der Waals surface area contributed by atoms with E-state index in [0.717, 1.165) is 22.2 Å². The first-order valence-corrected chi connectivity index (χ1v) is 6.94. The predicted molar refractivity (Wildman–Crippen MR) is 60.1 cm³/mol. The number of thioether (sulfide) groups is 1. The lowest BCUT2D eigenvalue weighted by atomic mass is 9.99. The molecule has 1 aromatic heterocycles. The minimum Gasteiger partial charge on any atom is -0.298 e. The van der Waals surface area contributed by atoms with Gasteiger partial charge < -0.3 is 0 Å². The Bertz CT molecular complexity index is 404. The molecule has 1 heterocycles. The van der Waals surface area contributed by atoms with Gasteiger partial charge in [-0.25, -0.2) is 0 Å². The Morgan fingerprint density at radius 1 is 1.40 bits per heavy atom. The van der Waals surface area contributed by atoms with E-state index >= 15 is 0 Å². The monoisotopic (exact) mass is 240 g/mol. The van der Waals surface area contributed by atoms with Gasteiger partial charge in [0.2, 0.25) is 0 Å². The zero-order valence-electron chi connectivity index (χ0n) is 8.47. The number of carbonyl (C=O) groups is 1. The van der Waals surface area contributed by atoms with E-state index in [2.05, 4.69) is 10.2 Å². The number of aromatic nitrogens is 2. The Balaban J connectivity index is 1.76. The first-order valence-electron chi connectivity index (χ1n) is 5.24. The maximum atomic E-state index is 11.9. The van der Waals surface area contributed by atoms with Gasteiger partial charge in [-0.3, -0.25) is 4.79 Å². The van der Waals surface area contributed by atoms with Crippen molar-refractivity contribution in [2.75, 3.05) is 0 Å². The van der Waals surface area contributed by atoms with Gasteiger partial charge in [-0.2, -0.15) is 0 Å². The number of hydrogen-bond acceptors (Lipinski definition) is 5.